The molecular weight excluding hydrogens is 245 g/mol. The number of ether oxygens (including phenoxy) is 1. The quantitative estimate of drug-likeness (QED) is 0.833. The summed E-state index contributed by atoms with van der Waals surface area (Å²) in [5.74, 6) is -1.45. The van der Waals surface area contributed by atoms with Crippen LogP contribution in [0.5, 0.6) is 5.75 Å². The first-order valence-corrected chi connectivity index (χ1v) is 5.20. The largest absolute Gasteiger partial charge is 0.497 e. The highest BCUT2D eigenvalue weighted by Gasteiger charge is 2.40. The minimum Gasteiger partial charge on any atom is -0.497 e. The minimum absolute atomic E-state index is 0.410. The molecule has 1 aromatic rings. The van der Waals surface area contributed by atoms with Crippen LogP contribution in [0.15, 0.2) is 24.3 Å². The molecule has 0 aliphatic heterocycles. The third kappa shape index (κ3) is 3.55. The molecule has 0 radical (unpaired) electrons. The van der Waals surface area contributed by atoms with Crippen molar-refractivity contribution in [2.45, 2.75) is 6.18 Å². The van der Waals surface area contributed by atoms with Crippen LogP contribution in [0.25, 0.3) is 0 Å². The van der Waals surface area contributed by atoms with E-state index in [1.165, 1.54) is 25.1 Å². The Morgan fingerprint density at radius 1 is 1.44 bits per heavy atom. The van der Waals surface area contributed by atoms with Crippen LogP contribution in [0.3, 0.4) is 0 Å². The number of methoxy groups -OCH3 is 1. The molecule has 1 aromatic carbocycles. The van der Waals surface area contributed by atoms with Gasteiger partial charge in [-0.25, -0.2) is 0 Å². The molecule has 0 bridgehead atoms. The van der Waals surface area contributed by atoms with Gasteiger partial charge in [-0.2, -0.15) is 18.4 Å². The summed E-state index contributed by atoms with van der Waals surface area (Å²) in [5.41, 5.74) is 0.568. The van der Waals surface area contributed by atoms with E-state index in [0.717, 1.165) is 0 Å². The molecule has 0 saturated heterocycles. The Hall–Kier alpha value is -1.90. The molecule has 1 rings (SSSR count). The summed E-state index contributed by atoms with van der Waals surface area (Å²) < 4.78 is 42.4. The van der Waals surface area contributed by atoms with Gasteiger partial charge >= 0.3 is 6.18 Å². The van der Waals surface area contributed by atoms with Crippen molar-refractivity contribution in [3.05, 3.63) is 24.3 Å². The molecule has 1 unspecified atom stereocenters. The van der Waals surface area contributed by atoms with Gasteiger partial charge in [0.05, 0.1) is 13.2 Å². The van der Waals surface area contributed by atoms with E-state index >= 15 is 0 Å². The van der Waals surface area contributed by atoms with Crippen molar-refractivity contribution in [3.63, 3.8) is 0 Å². The normalized spacial score (nSPS) is 12.7. The van der Waals surface area contributed by atoms with Gasteiger partial charge in [0.25, 0.3) is 0 Å². The van der Waals surface area contributed by atoms with Crippen molar-refractivity contribution >= 4 is 5.69 Å². The third-order valence-electron chi connectivity index (χ3n) is 2.50. The van der Waals surface area contributed by atoms with E-state index in [1.807, 2.05) is 0 Å². The fourth-order valence-corrected chi connectivity index (χ4v) is 1.44. The Morgan fingerprint density at radius 3 is 2.61 bits per heavy atom. The van der Waals surface area contributed by atoms with Gasteiger partial charge in [-0.1, -0.05) is 6.07 Å². The molecule has 1 atom stereocenters. The highest BCUT2D eigenvalue weighted by Crippen LogP contribution is 2.28. The van der Waals surface area contributed by atoms with Crippen molar-refractivity contribution in [3.8, 4) is 11.8 Å². The van der Waals surface area contributed by atoms with Gasteiger partial charge in [0.15, 0.2) is 5.92 Å². The number of benzene rings is 1. The number of nitrogens with zero attached hydrogens (tertiary/aromatic N) is 2. The molecule has 3 nitrogen and oxygen atoms in total. The highest BCUT2D eigenvalue weighted by molar-refractivity contribution is 5.50. The Balaban J connectivity index is 2.81. The SMILES string of the molecule is COc1cccc(N(C)CC(C#N)C(F)(F)F)c1. The lowest BCUT2D eigenvalue weighted by molar-refractivity contribution is -0.156. The van der Waals surface area contributed by atoms with Gasteiger partial charge in [-0.3, -0.25) is 0 Å². The standard InChI is InChI=1S/C12H13F3N2O/c1-17(8-9(7-16)12(13,14)15)10-4-3-5-11(6-10)18-2/h3-6,9H,8H2,1-2H3. The molecule has 0 aromatic heterocycles. The molecule has 0 aliphatic carbocycles. The van der Waals surface area contributed by atoms with Gasteiger partial charge in [-0.15, -0.1) is 0 Å². The lowest BCUT2D eigenvalue weighted by Crippen LogP contribution is -2.33. The van der Waals surface area contributed by atoms with E-state index in [9.17, 15) is 13.2 Å². The van der Waals surface area contributed by atoms with Crippen molar-refractivity contribution in [1.82, 2.24) is 0 Å². The lowest BCUT2D eigenvalue weighted by atomic mass is 10.1. The second-order valence-electron chi connectivity index (χ2n) is 3.81. The monoisotopic (exact) mass is 258 g/mol. The van der Waals surface area contributed by atoms with Crippen LogP contribution in [-0.2, 0) is 0 Å². The number of hydrogen-bond donors (Lipinski definition) is 0. The number of hydrogen-bond acceptors (Lipinski definition) is 3. The Labute approximate surface area is 103 Å². The van der Waals surface area contributed by atoms with Crippen LogP contribution >= 0.6 is 0 Å². The molecule has 98 valence electrons. The summed E-state index contributed by atoms with van der Waals surface area (Å²) in [5, 5.41) is 8.54. The van der Waals surface area contributed by atoms with Crippen LogP contribution in [0.4, 0.5) is 18.9 Å². The molecule has 0 heterocycles. The predicted molar refractivity (Wildman–Crippen MR) is 61.4 cm³/mol. The van der Waals surface area contributed by atoms with Crippen LogP contribution in [-0.4, -0.2) is 26.9 Å². The smallest absolute Gasteiger partial charge is 0.406 e. The Bertz CT molecular complexity index is 440. The maximum atomic E-state index is 12.5. The lowest BCUT2D eigenvalue weighted by Gasteiger charge is -2.23. The maximum Gasteiger partial charge on any atom is 0.406 e. The zero-order valence-electron chi connectivity index (χ0n) is 10.0. The third-order valence-corrected chi connectivity index (χ3v) is 2.50. The first kappa shape index (κ1) is 14.2. The fraction of sp³-hybridized carbons (Fsp3) is 0.417. The summed E-state index contributed by atoms with van der Waals surface area (Å²) >= 11 is 0. The van der Waals surface area contributed by atoms with Gasteiger partial charge in [0, 0.05) is 25.3 Å². The maximum absolute atomic E-state index is 12.5. The fourth-order valence-electron chi connectivity index (χ4n) is 1.44. The molecule has 6 heteroatoms. The van der Waals surface area contributed by atoms with E-state index in [-0.39, 0.29) is 0 Å². The topological polar surface area (TPSA) is 36.3 Å². The van der Waals surface area contributed by atoms with Crippen molar-refractivity contribution in [2.75, 3.05) is 25.6 Å². The van der Waals surface area contributed by atoms with Gasteiger partial charge in [0.1, 0.15) is 5.75 Å². The summed E-state index contributed by atoms with van der Waals surface area (Å²) in [4.78, 5) is 1.38. The Morgan fingerprint density at radius 2 is 2.11 bits per heavy atom. The summed E-state index contributed by atoms with van der Waals surface area (Å²) in [6.07, 6.45) is -4.51. The van der Waals surface area contributed by atoms with E-state index in [1.54, 1.807) is 24.3 Å². The molecule has 0 spiro atoms. The zero-order valence-corrected chi connectivity index (χ0v) is 10.0. The predicted octanol–water partition coefficient (Wildman–Crippen LogP) is 2.83. The second-order valence-corrected chi connectivity index (χ2v) is 3.81. The molecule has 18 heavy (non-hydrogen) atoms. The molecule has 0 aliphatic rings. The second kappa shape index (κ2) is 5.63. The van der Waals surface area contributed by atoms with E-state index in [4.69, 9.17) is 10.00 Å². The molecule has 0 saturated carbocycles. The number of alkyl halides is 3. The van der Waals surface area contributed by atoms with E-state index < -0.39 is 18.6 Å². The van der Waals surface area contributed by atoms with Gasteiger partial charge in [-0.05, 0) is 12.1 Å². The van der Waals surface area contributed by atoms with Crippen molar-refractivity contribution in [1.29, 1.82) is 5.26 Å². The van der Waals surface area contributed by atoms with E-state index in [2.05, 4.69) is 0 Å². The zero-order chi connectivity index (χ0) is 13.8. The minimum atomic E-state index is -4.51. The molecule has 0 fully saturated rings. The number of rotatable bonds is 4. The molecule has 0 amide bonds. The summed E-state index contributed by atoms with van der Waals surface area (Å²) in [7, 11) is 2.98. The average Bonchev–Trinajstić information content (AvgIpc) is 2.34. The van der Waals surface area contributed by atoms with E-state index in [0.29, 0.717) is 11.4 Å². The van der Waals surface area contributed by atoms with Crippen LogP contribution in [0.1, 0.15) is 0 Å². The molecular formula is C12H13F3N2O. The number of nitriles is 1. The van der Waals surface area contributed by atoms with Crippen molar-refractivity contribution < 1.29 is 17.9 Å². The first-order chi connectivity index (χ1) is 8.38. The highest BCUT2D eigenvalue weighted by atomic mass is 19.4. The summed E-state index contributed by atoms with van der Waals surface area (Å²) in [6.45, 7) is -0.410. The molecule has 0 N–H and O–H groups in total. The number of halogens is 3. The summed E-state index contributed by atoms with van der Waals surface area (Å²) in [6, 6.07) is 7.93. The van der Waals surface area contributed by atoms with Crippen LogP contribution < -0.4 is 9.64 Å². The van der Waals surface area contributed by atoms with Crippen LogP contribution in [0, 0.1) is 17.2 Å². The van der Waals surface area contributed by atoms with Crippen LogP contribution in [0.2, 0.25) is 0 Å². The van der Waals surface area contributed by atoms with Gasteiger partial charge in [0.2, 0.25) is 0 Å². The average molecular weight is 258 g/mol. The Kier molecular flexibility index (Phi) is 4.43. The van der Waals surface area contributed by atoms with Crippen molar-refractivity contribution in [2.24, 2.45) is 5.92 Å². The first-order valence-electron chi connectivity index (χ1n) is 5.20. The van der Waals surface area contributed by atoms with Gasteiger partial charge < -0.3 is 9.64 Å². The number of anilines is 1.